The first kappa shape index (κ1) is 20.4. The van der Waals surface area contributed by atoms with E-state index in [0.29, 0.717) is 24.2 Å². The standard InChI is InChI=1S/C25H25ClN6O/c26-20-5-7-21(8-6-20)27-24-14-22(28-25(29-24)31-9-11-33-12-10-31)18-3-4-19-16-32(15-17-1-2-17)30-23(19)13-18/h3-8,13-14,16-17H,1-2,9-12,15H2,(H,27,28,29). The molecule has 2 aromatic carbocycles. The molecule has 0 spiro atoms. The van der Waals surface area contributed by atoms with E-state index in [4.69, 9.17) is 31.4 Å². The number of morpholine rings is 1. The molecule has 168 valence electrons. The molecule has 3 heterocycles. The summed E-state index contributed by atoms with van der Waals surface area (Å²) in [4.78, 5) is 11.9. The molecule has 1 saturated heterocycles. The van der Waals surface area contributed by atoms with Crippen molar-refractivity contribution in [2.24, 2.45) is 5.92 Å². The van der Waals surface area contributed by atoms with E-state index in [1.807, 2.05) is 30.3 Å². The van der Waals surface area contributed by atoms with Crippen molar-refractivity contribution >= 4 is 40.0 Å². The van der Waals surface area contributed by atoms with Gasteiger partial charge in [0.05, 0.1) is 24.4 Å². The van der Waals surface area contributed by atoms with Crippen LogP contribution in [0.2, 0.25) is 5.02 Å². The summed E-state index contributed by atoms with van der Waals surface area (Å²) < 4.78 is 7.60. The Morgan fingerprint density at radius 3 is 2.61 bits per heavy atom. The highest BCUT2D eigenvalue weighted by molar-refractivity contribution is 6.30. The van der Waals surface area contributed by atoms with Crippen molar-refractivity contribution in [2.45, 2.75) is 19.4 Å². The van der Waals surface area contributed by atoms with Crippen molar-refractivity contribution in [1.82, 2.24) is 19.7 Å². The zero-order valence-electron chi connectivity index (χ0n) is 18.2. The molecule has 6 rings (SSSR count). The van der Waals surface area contributed by atoms with Gasteiger partial charge >= 0.3 is 0 Å². The van der Waals surface area contributed by atoms with Crippen LogP contribution >= 0.6 is 11.6 Å². The van der Waals surface area contributed by atoms with Gasteiger partial charge in [-0.1, -0.05) is 23.7 Å². The summed E-state index contributed by atoms with van der Waals surface area (Å²) in [5.41, 5.74) is 3.80. The van der Waals surface area contributed by atoms with Crippen LogP contribution in [0.3, 0.4) is 0 Å². The van der Waals surface area contributed by atoms with Crippen molar-refractivity contribution in [1.29, 1.82) is 0 Å². The molecule has 8 heteroatoms. The zero-order chi connectivity index (χ0) is 22.2. The number of nitrogens with zero attached hydrogens (tertiary/aromatic N) is 5. The average molecular weight is 461 g/mol. The number of halogens is 1. The van der Waals surface area contributed by atoms with E-state index in [2.05, 4.69) is 39.3 Å². The van der Waals surface area contributed by atoms with E-state index < -0.39 is 0 Å². The lowest BCUT2D eigenvalue weighted by atomic mass is 10.1. The van der Waals surface area contributed by atoms with Crippen molar-refractivity contribution < 1.29 is 4.74 Å². The molecule has 0 bridgehead atoms. The molecule has 0 radical (unpaired) electrons. The minimum Gasteiger partial charge on any atom is -0.378 e. The van der Waals surface area contributed by atoms with Gasteiger partial charge in [0, 0.05) is 53.6 Å². The molecule has 1 saturated carbocycles. The Kier molecular flexibility index (Phi) is 5.36. The van der Waals surface area contributed by atoms with E-state index in [1.165, 1.54) is 12.8 Å². The van der Waals surface area contributed by atoms with Gasteiger partial charge in [0.25, 0.3) is 0 Å². The second-order valence-corrected chi connectivity index (χ2v) is 9.17. The van der Waals surface area contributed by atoms with E-state index in [9.17, 15) is 0 Å². The van der Waals surface area contributed by atoms with Gasteiger partial charge in [0.2, 0.25) is 5.95 Å². The van der Waals surface area contributed by atoms with Crippen LogP contribution in [-0.4, -0.2) is 46.1 Å². The summed E-state index contributed by atoms with van der Waals surface area (Å²) >= 11 is 6.05. The molecule has 1 aliphatic heterocycles. The van der Waals surface area contributed by atoms with Crippen LogP contribution in [-0.2, 0) is 11.3 Å². The summed E-state index contributed by atoms with van der Waals surface area (Å²) in [6, 6.07) is 16.0. The second kappa shape index (κ2) is 8.65. The Morgan fingerprint density at radius 1 is 1.00 bits per heavy atom. The molecular formula is C25H25ClN6O. The highest BCUT2D eigenvalue weighted by Crippen LogP contribution is 2.32. The third-order valence-electron chi connectivity index (χ3n) is 6.12. The maximum absolute atomic E-state index is 6.05. The number of ether oxygens (including phenoxy) is 1. The fourth-order valence-electron chi connectivity index (χ4n) is 4.12. The maximum atomic E-state index is 6.05. The van der Waals surface area contributed by atoms with Gasteiger partial charge in [-0.15, -0.1) is 0 Å². The average Bonchev–Trinajstić information content (AvgIpc) is 3.56. The highest BCUT2D eigenvalue weighted by Gasteiger charge is 2.22. The Labute approximate surface area is 197 Å². The lowest BCUT2D eigenvalue weighted by Gasteiger charge is -2.27. The summed E-state index contributed by atoms with van der Waals surface area (Å²) in [5.74, 6) is 2.23. The fraction of sp³-hybridized carbons (Fsp3) is 0.320. The minimum atomic E-state index is 0.678. The lowest BCUT2D eigenvalue weighted by molar-refractivity contribution is 0.122. The van der Waals surface area contributed by atoms with Gasteiger partial charge in [0.1, 0.15) is 5.82 Å². The molecule has 7 nitrogen and oxygen atoms in total. The summed E-state index contributed by atoms with van der Waals surface area (Å²) in [6.45, 7) is 3.91. The fourth-order valence-corrected chi connectivity index (χ4v) is 4.24. The molecule has 4 aromatic rings. The van der Waals surface area contributed by atoms with Crippen LogP contribution < -0.4 is 10.2 Å². The monoisotopic (exact) mass is 460 g/mol. The number of hydrogen-bond acceptors (Lipinski definition) is 6. The lowest BCUT2D eigenvalue weighted by Crippen LogP contribution is -2.37. The zero-order valence-corrected chi connectivity index (χ0v) is 19.0. The van der Waals surface area contributed by atoms with Gasteiger partial charge in [-0.3, -0.25) is 4.68 Å². The Balaban J connectivity index is 1.36. The molecule has 2 aromatic heterocycles. The first-order valence-electron chi connectivity index (χ1n) is 11.4. The van der Waals surface area contributed by atoms with Gasteiger partial charge in [-0.05, 0) is 49.1 Å². The molecule has 2 aliphatic rings. The SMILES string of the molecule is Clc1ccc(Nc2cc(-c3ccc4cn(CC5CC5)nc4c3)nc(N3CCOCC3)n2)cc1. The quantitative estimate of drug-likeness (QED) is 0.430. The first-order valence-corrected chi connectivity index (χ1v) is 11.8. The predicted molar refractivity (Wildman–Crippen MR) is 131 cm³/mol. The number of rotatable bonds is 6. The normalized spacial score (nSPS) is 16.3. The van der Waals surface area contributed by atoms with Crippen LogP contribution in [0.25, 0.3) is 22.2 Å². The predicted octanol–water partition coefficient (Wildman–Crippen LogP) is 5.14. The van der Waals surface area contributed by atoms with Crippen LogP contribution in [0.1, 0.15) is 12.8 Å². The van der Waals surface area contributed by atoms with Gasteiger partial charge < -0.3 is 15.0 Å². The third-order valence-corrected chi connectivity index (χ3v) is 6.37. The van der Waals surface area contributed by atoms with Crippen LogP contribution in [0.5, 0.6) is 0 Å². The van der Waals surface area contributed by atoms with Crippen LogP contribution in [0.4, 0.5) is 17.5 Å². The molecule has 1 aliphatic carbocycles. The van der Waals surface area contributed by atoms with Crippen molar-refractivity contribution in [3.05, 3.63) is 59.8 Å². The Morgan fingerprint density at radius 2 is 1.82 bits per heavy atom. The van der Waals surface area contributed by atoms with Crippen LogP contribution in [0.15, 0.2) is 54.7 Å². The Bertz CT molecular complexity index is 1280. The van der Waals surface area contributed by atoms with E-state index in [-0.39, 0.29) is 0 Å². The number of fused-ring (bicyclic) bond motifs is 1. The number of nitrogens with one attached hydrogen (secondary N) is 1. The molecule has 0 amide bonds. The molecule has 2 fully saturated rings. The van der Waals surface area contributed by atoms with Gasteiger partial charge in [0.15, 0.2) is 0 Å². The highest BCUT2D eigenvalue weighted by atomic mass is 35.5. The summed E-state index contributed by atoms with van der Waals surface area (Å²) in [6.07, 6.45) is 4.77. The minimum absolute atomic E-state index is 0.678. The van der Waals surface area contributed by atoms with Crippen LogP contribution in [0, 0.1) is 5.92 Å². The van der Waals surface area contributed by atoms with Crippen molar-refractivity contribution in [3.63, 3.8) is 0 Å². The number of hydrogen-bond donors (Lipinski definition) is 1. The van der Waals surface area contributed by atoms with Crippen molar-refractivity contribution in [3.8, 4) is 11.3 Å². The maximum Gasteiger partial charge on any atom is 0.228 e. The van der Waals surface area contributed by atoms with E-state index >= 15 is 0 Å². The second-order valence-electron chi connectivity index (χ2n) is 8.74. The van der Waals surface area contributed by atoms with Gasteiger partial charge in [-0.25, -0.2) is 4.98 Å². The smallest absolute Gasteiger partial charge is 0.228 e. The number of anilines is 3. The first-order chi connectivity index (χ1) is 16.2. The van der Waals surface area contributed by atoms with E-state index in [0.717, 1.165) is 59.2 Å². The Hall–Kier alpha value is -3.16. The molecule has 33 heavy (non-hydrogen) atoms. The largest absolute Gasteiger partial charge is 0.378 e. The number of benzene rings is 2. The molecular weight excluding hydrogens is 436 g/mol. The van der Waals surface area contributed by atoms with E-state index in [1.54, 1.807) is 0 Å². The third kappa shape index (κ3) is 4.65. The topological polar surface area (TPSA) is 68.1 Å². The molecule has 0 unspecified atom stereocenters. The summed E-state index contributed by atoms with van der Waals surface area (Å²) in [5, 5.41) is 10.1. The van der Waals surface area contributed by atoms with Crippen molar-refractivity contribution in [2.75, 3.05) is 36.5 Å². The summed E-state index contributed by atoms with van der Waals surface area (Å²) in [7, 11) is 0. The molecule has 1 N–H and O–H groups in total. The number of aromatic nitrogens is 4. The molecule has 0 atom stereocenters. The van der Waals surface area contributed by atoms with Gasteiger partial charge in [-0.2, -0.15) is 10.1 Å².